The summed E-state index contributed by atoms with van der Waals surface area (Å²) in [6.45, 7) is 11.1. The van der Waals surface area contributed by atoms with Crippen LogP contribution in [0.5, 0.6) is 0 Å². The van der Waals surface area contributed by atoms with Gasteiger partial charge in [-0.2, -0.15) is 0 Å². The van der Waals surface area contributed by atoms with E-state index in [1.807, 2.05) is 7.05 Å². The average Bonchev–Trinajstić information content (AvgIpc) is 1.64. The van der Waals surface area contributed by atoms with Gasteiger partial charge in [0.25, 0.3) is 0 Å². The largest absolute Gasteiger partial charge is 0.314 e. The van der Waals surface area contributed by atoms with E-state index in [-0.39, 0.29) is 17.9 Å². The second-order valence-electron chi connectivity index (χ2n) is 4.12. The van der Waals surface area contributed by atoms with Gasteiger partial charge in [-0.25, -0.2) is 0 Å². The quantitative estimate of drug-likeness (QED) is 0.630. The van der Waals surface area contributed by atoms with Crippen molar-refractivity contribution in [1.82, 2.24) is 5.32 Å². The normalized spacial score (nSPS) is 12.6. The fourth-order valence-corrected chi connectivity index (χ4v) is 0.375. The van der Waals surface area contributed by atoms with Crippen LogP contribution in [0.1, 0.15) is 34.6 Å². The third-order valence-electron chi connectivity index (χ3n) is 2.50. The van der Waals surface area contributed by atoms with Crippen LogP contribution in [0, 0.1) is 5.41 Å². The van der Waals surface area contributed by atoms with Crippen LogP contribution >= 0.6 is 12.4 Å². The summed E-state index contributed by atoms with van der Waals surface area (Å²) in [5.41, 5.74) is 0.564. The summed E-state index contributed by atoms with van der Waals surface area (Å²) in [6.07, 6.45) is 0. The molecule has 0 aliphatic heterocycles. The molecule has 0 saturated heterocycles. The molecule has 0 unspecified atom stereocenters. The molecule has 0 aromatic rings. The predicted molar refractivity (Wildman–Crippen MR) is 49.8 cm³/mol. The Hall–Kier alpha value is 0.250. The summed E-state index contributed by atoms with van der Waals surface area (Å²) in [7, 11) is 2.01. The average molecular weight is 166 g/mol. The Kier molecular flexibility index (Phi) is 4.62. The predicted octanol–water partition coefficient (Wildman–Crippen LogP) is 2.45. The molecule has 0 aliphatic rings. The number of hydrogen-bond donors (Lipinski definition) is 1. The van der Waals surface area contributed by atoms with Gasteiger partial charge in [-0.1, -0.05) is 20.8 Å². The zero-order chi connectivity index (χ0) is 7.71. The minimum atomic E-state index is 0. The first kappa shape index (κ1) is 12.9. The van der Waals surface area contributed by atoms with Gasteiger partial charge in [-0.05, 0) is 26.3 Å². The molecule has 10 heavy (non-hydrogen) atoms. The standard InChI is InChI=1S/C8H19N.ClH/c1-7(2,3)8(4,5)9-6;/h9H,1-6H3;1H. The second kappa shape index (κ2) is 3.59. The topological polar surface area (TPSA) is 12.0 Å². The van der Waals surface area contributed by atoms with E-state index >= 15 is 0 Å². The molecule has 0 atom stereocenters. The van der Waals surface area contributed by atoms with Crippen molar-refractivity contribution in [1.29, 1.82) is 0 Å². The number of hydrogen-bond acceptors (Lipinski definition) is 1. The highest BCUT2D eigenvalue weighted by Gasteiger charge is 2.30. The van der Waals surface area contributed by atoms with Crippen LogP contribution in [0.4, 0.5) is 0 Å². The van der Waals surface area contributed by atoms with Crippen molar-refractivity contribution in [3.05, 3.63) is 0 Å². The van der Waals surface area contributed by atoms with Gasteiger partial charge < -0.3 is 5.32 Å². The summed E-state index contributed by atoms with van der Waals surface area (Å²) >= 11 is 0. The summed E-state index contributed by atoms with van der Waals surface area (Å²) in [6, 6.07) is 0. The highest BCUT2D eigenvalue weighted by Crippen LogP contribution is 2.28. The van der Waals surface area contributed by atoms with Crippen molar-refractivity contribution in [2.24, 2.45) is 5.41 Å². The zero-order valence-corrected chi connectivity index (χ0v) is 8.72. The van der Waals surface area contributed by atoms with Gasteiger partial charge >= 0.3 is 0 Å². The van der Waals surface area contributed by atoms with Crippen molar-refractivity contribution in [3.63, 3.8) is 0 Å². The van der Waals surface area contributed by atoms with Crippen molar-refractivity contribution in [2.45, 2.75) is 40.2 Å². The maximum absolute atomic E-state index is 3.28. The van der Waals surface area contributed by atoms with E-state index < -0.39 is 0 Å². The maximum Gasteiger partial charge on any atom is 0.0170 e. The highest BCUT2D eigenvalue weighted by molar-refractivity contribution is 5.85. The summed E-state index contributed by atoms with van der Waals surface area (Å²) in [4.78, 5) is 0. The number of rotatable bonds is 1. The molecule has 1 N–H and O–H groups in total. The van der Waals surface area contributed by atoms with Crippen molar-refractivity contribution in [3.8, 4) is 0 Å². The smallest absolute Gasteiger partial charge is 0.0170 e. The molecule has 2 heteroatoms. The first-order valence-electron chi connectivity index (χ1n) is 3.50. The van der Waals surface area contributed by atoms with Gasteiger partial charge in [0.05, 0.1) is 0 Å². The summed E-state index contributed by atoms with van der Waals surface area (Å²) in [5, 5.41) is 3.28. The highest BCUT2D eigenvalue weighted by atomic mass is 35.5. The van der Waals surface area contributed by atoms with Gasteiger partial charge in [0, 0.05) is 5.54 Å². The third kappa shape index (κ3) is 2.89. The lowest BCUT2D eigenvalue weighted by molar-refractivity contribution is 0.189. The van der Waals surface area contributed by atoms with Crippen molar-refractivity contribution >= 4 is 12.4 Å². The Balaban J connectivity index is 0. The molecular formula is C8H20ClN. The van der Waals surface area contributed by atoms with Crippen LogP contribution in [-0.2, 0) is 0 Å². The first-order valence-corrected chi connectivity index (χ1v) is 3.50. The molecular weight excluding hydrogens is 146 g/mol. The third-order valence-corrected chi connectivity index (χ3v) is 2.50. The number of halogens is 1. The molecule has 64 valence electrons. The zero-order valence-electron chi connectivity index (χ0n) is 7.91. The minimum absolute atomic E-state index is 0. The second-order valence-corrected chi connectivity index (χ2v) is 4.12. The lowest BCUT2D eigenvalue weighted by Crippen LogP contribution is -2.47. The molecule has 0 fully saturated rings. The lowest BCUT2D eigenvalue weighted by atomic mass is 9.76. The molecule has 0 aromatic carbocycles. The Morgan fingerprint density at radius 1 is 0.900 bits per heavy atom. The lowest BCUT2D eigenvalue weighted by Gasteiger charge is -2.38. The van der Waals surface area contributed by atoms with Crippen LogP contribution in [0.15, 0.2) is 0 Å². The Morgan fingerprint density at radius 3 is 1.20 bits per heavy atom. The Bertz CT molecular complexity index is 91.9. The van der Waals surface area contributed by atoms with Gasteiger partial charge in [-0.15, -0.1) is 12.4 Å². The van der Waals surface area contributed by atoms with Gasteiger partial charge in [-0.3, -0.25) is 0 Å². The summed E-state index contributed by atoms with van der Waals surface area (Å²) in [5.74, 6) is 0. The molecule has 0 saturated carbocycles. The van der Waals surface area contributed by atoms with Gasteiger partial charge in [0.15, 0.2) is 0 Å². The summed E-state index contributed by atoms with van der Waals surface area (Å²) < 4.78 is 0. The molecule has 1 nitrogen and oxygen atoms in total. The molecule has 0 bridgehead atoms. The molecule has 0 radical (unpaired) electrons. The van der Waals surface area contributed by atoms with Gasteiger partial charge in [0.2, 0.25) is 0 Å². The molecule has 0 spiro atoms. The van der Waals surface area contributed by atoms with Crippen LogP contribution in [0.3, 0.4) is 0 Å². The SMILES string of the molecule is CNC(C)(C)C(C)(C)C.Cl. The molecule has 0 aromatic heterocycles. The molecule has 0 heterocycles. The molecule has 0 aliphatic carbocycles. The monoisotopic (exact) mass is 165 g/mol. The van der Waals surface area contributed by atoms with E-state index in [0.29, 0.717) is 5.41 Å². The first-order chi connectivity index (χ1) is 3.81. The number of nitrogens with one attached hydrogen (secondary N) is 1. The van der Waals surface area contributed by atoms with Gasteiger partial charge in [0.1, 0.15) is 0 Å². The van der Waals surface area contributed by atoms with E-state index in [1.165, 1.54) is 0 Å². The van der Waals surface area contributed by atoms with Crippen LogP contribution in [0.25, 0.3) is 0 Å². The van der Waals surface area contributed by atoms with Crippen molar-refractivity contribution < 1.29 is 0 Å². The Morgan fingerprint density at radius 2 is 1.20 bits per heavy atom. The van der Waals surface area contributed by atoms with Crippen molar-refractivity contribution in [2.75, 3.05) is 7.05 Å². The molecule has 0 amide bonds. The Labute approximate surface area is 71.0 Å². The minimum Gasteiger partial charge on any atom is -0.314 e. The maximum atomic E-state index is 3.28. The van der Waals surface area contributed by atoms with E-state index in [2.05, 4.69) is 39.9 Å². The van der Waals surface area contributed by atoms with Crippen LogP contribution in [0.2, 0.25) is 0 Å². The van der Waals surface area contributed by atoms with E-state index in [1.54, 1.807) is 0 Å². The van der Waals surface area contributed by atoms with E-state index in [9.17, 15) is 0 Å². The fraction of sp³-hybridized carbons (Fsp3) is 1.00. The molecule has 0 rings (SSSR count). The van der Waals surface area contributed by atoms with E-state index in [4.69, 9.17) is 0 Å². The fourth-order valence-electron chi connectivity index (χ4n) is 0.375. The van der Waals surface area contributed by atoms with E-state index in [0.717, 1.165) is 0 Å². The van der Waals surface area contributed by atoms with Crippen LogP contribution < -0.4 is 5.32 Å². The van der Waals surface area contributed by atoms with Crippen LogP contribution in [-0.4, -0.2) is 12.6 Å².